The highest BCUT2D eigenvalue weighted by Crippen LogP contribution is 2.28. The molecule has 6 aromatic rings. The summed E-state index contributed by atoms with van der Waals surface area (Å²) in [5.41, 5.74) is 5.72. The molecular formula is C35H30N2O5. The lowest BCUT2D eigenvalue weighted by atomic mass is 10.1. The Labute approximate surface area is 243 Å². The number of hydrogen-bond donors (Lipinski definition) is 0. The summed E-state index contributed by atoms with van der Waals surface area (Å²) in [5, 5.41) is 0. The van der Waals surface area contributed by atoms with Crippen LogP contribution < -0.4 is 15.2 Å². The van der Waals surface area contributed by atoms with Gasteiger partial charge in [-0.2, -0.15) is 4.98 Å². The second-order valence-electron chi connectivity index (χ2n) is 9.82. The van der Waals surface area contributed by atoms with Crippen molar-refractivity contribution in [1.29, 1.82) is 0 Å². The summed E-state index contributed by atoms with van der Waals surface area (Å²) in [6.07, 6.45) is 0.693. The van der Waals surface area contributed by atoms with Gasteiger partial charge >= 0.3 is 5.76 Å². The highest BCUT2D eigenvalue weighted by Gasteiger charge is 2.18. The molecule has 0 radical (unpaired) electrons. The number of benzene rings is 4. The van der Waals surface area contributed by atoms with Crippen LogP contribution in [-0.2, 0) is 31.0 Å². The fraction of sp³-hybridized carbons (Fsp3) is 0.143. The lowest BCUT2D eigenvalue weighted by molar-refractivity contribution is 0.124. The van der Waals surface area contributed by atoms with Crippen LogP contribution in [0.2, 0.25) is 0 Å². The number of rotatable bonds is 12. The van der Waals surface area contributed by atoms with Crippen molar-refractivity contribution in [3.05, 3.63) is 154 Å². The third-order valence-corrected chi connectivity index (χ3v) is 6.80. The predicted molar refractivity (Wildman–Crippen MR) is 161 cm³/mol. The first-order valence-electron chi connectivity index (χ1n) is 13.8. The van der Waals surface area contributed by atoms with Crippen molar-refractivity contribution >= 4 is 11.1 Å². The van der Waals surface area contributed by atoms with E-state index in [9.17, 15) is 4.79 Å². The Balaban J connectivity index is 1.23. The van der Waals surface area contributed by atoms with E-state index >= 15 is 0 Å². The molecule has 0 saturated carbocycles. The highest BCUT2D eigenvalue weighted by molar-refractivity contribution is 5.76. The lowest BCUT2D eigenvalue weighted by Crippen LogP contribution is -2.14. The molecule has 7 heteroatoms. The Hall–Kier alpha value is -5.14. The van der Waals surface area contributed by atoms with Gasteiger partial charge in [0, 0.05) is 6.07 Å². The highest BCUT2D eigenvalue weighted by atomic mass is 16.5. The molecule has 4 aromatic carbocycles. The van der Waals surface area contributed by atoms with Crippen molar-refractivity contribution in [3.8, 4) is 17.4 Å². The van der Waals surface area contributed by atoms with Gasteiger partial charge in [0.15, 0.2) is 5.58 Å². The minimum Gasteiger partial charge on any atom is -0.473 e. The first kappa shape index (κ1) is 27.1. The van der Waals surface area contributed by atoms with Gasteiger partial charge in [0.25, 0.3) is 0 Å². The number of oxazole rings is 1. The van der Waals surface area contributed by atoms with E-state index in [1.807, 2.05) is 109 Å². The first-order valence-corrected chi connectivity index (χ1v) is 13.8. The van der Waals surface area contributed by atoms with E-state index in [-0.39, 0.29) is 12.5 Å². The van der Waals surface area contributed by atoms with E-state index in [0.29, 0.717) is 48.9 Å². The van der Waals surface area contributed by atoms with E-state index in [4.69, 9.17) is 18.6 Å². The Kier molecular flexibility index (Phi) is 8.38. The molecule has 0 bridgehead atoms. The van der Waals surface area contributed by atoms with Crippen LogP contribution in [0.1, 0.15) is 22.3 Å². The van der Waals surface area contributed by atoms with Crippen LogP contribution in [0.15, 0.2) is 131 Å². The molecule has 42 heavy (non-hydrogen) atoms. The van der Waals surface area contributed by atoms with Crippen LogP contribution in [0, 0.1) is 0 Å². The van der Waals surface area contributed by atoms with Crippen LogP contribution in [0.5, 0.6) is 11.8 Å². The predicted octanol–water partition coefficient (Wildman–Crippen LogP) is 6.90. The van der Waals surface area contributed by atoms with Gasteiger partial charge < -0.3 is 18.6 Å². The summed E-state index contributed by atoms with van der Waals surface area (Å²) in [6.45, 7) is 1.74. The first-order chi connectivity index (χ1) is 20.7. The van der Waals surface area contributed by atoms with Gasteiger partial charge in [-0.25, -0.2) is 9.36 Å². The van der Waals surface area contributed by atoms with Crippen molar-refractivity contribution in [2.75, 3.05) is 6.61 Å². The lowest BCUT2D eigenvalue weighted by Gasteiger charge is -2.13. The zero-order valence-electron chi connectivity index (χ0n) is 23.0. The standard InChI is InChI=1S/C35H30N2O5/c38-35-37(30-17-16-26(22-32(30)42-35)20-21-39-23-27-10-4-1-5-11-27)31-18-19-33(40-24-28-12-6-2-7-13-28)36-34(31)41-25-29-14-8-3-9-15-29/h1-19,22H,20-21,23-25H2. The van der Waals surface area contributed by atoms with Gasteiger partial charge in [0.05, 0.1) is 18.7 Å². The molecule has 0 N–H and O–H groups in total. The molecule has 0 aliphatic carbocycles. The maximum absolute atomic E-state index is 13.1. The summed E-state index contributed by atoms with van der Waals surface area (Å²) >= 11 is 0. The third-order valence-electron chi connectivity index (χ3n) is 6.80. The summed E-state index contributed by atoms with van der Waals surface area (Å²) in [5.74, 6) is 0.142. The molecule has 210 valence electrons. The maximum Gasteiger partial charge on any atom is 0.424 e. The average molecular weight is 559 g/mol. The van der Waals surface area contributed by atoms with Crippen molar-refractivity contribution < 1.29 is 18.6 Å². The molecular weight excluding hydrogens is 528 g/mol. The van der Waals surface area contributed by atoms with E-state index in [0.717, 1.165) is 22.3 Å². The number of pyridine rings is 1. The van der Waals surface area contributed by atoms with Gasteiger partial charge in [-0.05, 0) is 46.9 Å². The Bertz CT molecular complexity index is 1800. The topological polar surface area (TPSA) is 75.7 Å². The van der Waals surface area contributed by atoms with E-state index in [2.05, 4.69) is 4.98 Å². The fourth-order valence-corrected chi connectivity index (χ4v) is 4.63. The normalized spacial score (nSPS) is 11.0. The Morgan fingerprint density at radius 1 is 0.643 bits per heavy atom. The maximum atomic E-state index is 13.1. The van der Waals surface area contributed by atoms with Crippen LogP contribution in [0.4, 0.5) is 0 Å². The second-order valence-corrected chi connectivity index (χ2v) is 9.82. The Morgan fingerprint density at radius 2 is 1.26 bits per heavy atom. The van der Waals surface area contributed by atoms with Gasteiger partial charge in [-0.1, -0.05) is 97.1 Å². The van der Waals surface area contributed by atoms with Crippen molar-refractivity contribution in [3.63, 3.8) is 0 Å². The van der Waals surface area contributed by atoms with Crippen LogP contribution in [-0.4, -0.2) is 16.2 Å². The van der Waals surface area contributed by atoms with Crippen LogP contribution >= 0.6 is 0 Å². The molecule has 0 aliphatic rings. The van der Waals surface area contributed by atoms with Crippen molar-refractivity contribution in [1.82, 2.24) is 9.55 Å². The number of ether oxygens (including phenoxy) is 3. The second kappa shape index (κ2) is 13.0. The molecule has 0 atom stereocenters. The van der Waals surface area contributed by atoms with E-state index in [1.165, 1.54) is 4.57 Å². The summed E-state index contributed by atoms with van der Waals surface area (Å²) in [4.78, 5) is 17.8. The summed E-state index contributed by atoms with van der Waals surface area (Å²) in [6, 6.07) is 39.0. The van der Waals surface area contributed by atoms with Crippen molar-refractivity contribution in [2.24, 2.45) is 0 Å². The summed E-state index contributed by atoms with van der Waals surface area (Å²) < 4.78 is 25.1. The molecule has 0 spiro atoms. The SMILES string of the molecule is O=c1oc2cc(CCOCc3ccccc3)ccc2n1-c1ccc(OCc2ccccc2)nc1OCc1ccccc1. The fourth-order valence-electron chi connectivity index (χ4n) is 4.63. The minimum atomic E-state index is -0.521. The molecule has 2 aromatic heterocycles. The third kappa shape index (κ3) is 6.59. The molecule has 6 rings (SSSR count). The minimum absolute atomic E-state index is 0.271. The zero-order valence-corrected chi connectivity index (χ0v) is 23.0. The van der Waals surface area contributed by atoms with Crippen molar-refractivity contribution in [2.45, 2.75) is 26.2 Å². The molecule has 0 fully saturated rings. The van der Waals surface area contributed by atoms with Crippen LogP contribution in [0.3, 0.4) is 0 Å². The molecule has 0 unspecified atom stereocenters. The van der Waals surface area contributed by atoms with Gasteiger partial charge in [0.2, 0.25) is 11.8 Å². The van der Waals surface area contributed by atoms with Gasteiger partial charge in [-0.15, -0.1) is 0 Å². The molecule has 0 aliphatic heterocycles. The largest absolute Gasteiger partial charge is 0.473 e. The summed E-state index contributed by atoms with van der Waals surface area (Å²) in [7, 11) is 0. The molecule has 7 nitrogen and oxygen atoms in total. The van der Waals surface area contributed by atoms with E-state index < -0.39 is 5.76 Å². The van der Waals surface area contributed by atoms with E-state index in [1.54, 1.807) is 12.1 Å². The molecule has 2 heterocycles. The van der Waals surface area contributed by atoms with Gasteiger partial charge in [0.1, 0.15) is 18.9 Å². The number of fused-ring (bicyclic) bond motifs is 1. The van der Waals surface area contributed by atoms with Gasteiger partial charge in [-0.3, -0.25) is 0 Å². The smallest absolute Gasteiger partial charge is 0.424 e. The quantitative estimate of drug-likeness (QED) is 0.152. The average Bonchev–Trinajstić information content (AvgIpc) is 3.37. The monoisotopic (exact) mass is 558 g/mol. The Morgan fingerprint density at radius 3 is 1.93 bits per heavy atom. The number of nitrogens with zero attached hydrogens (tertiary/aromatic N) is 2. The zero-order chi connectivity index (χ0) is 28.6. The molecule has 0 saturated heterocycles. The number of hydrogen-bond acceptors (Lipinski definition) is 6. The molecule has 0 amide bonds. The number of aromatic nitrogens is 2. The van der Waals surface area contributed by atoms with Crippen LogP contribution in [0.25, 0.3) is 16.8 Å².